The van der Waals surface area contributed by atoms with Crippen molar-refractivity contribution < 1.29 is 72.5 Å². The number of aliphatic hydroxyl groups excluding tert-OH is 2. The molecule has 15 atom stereocenters. The van der Waals surface area contributed by atoms with Gasteiger partial charge in [0.05, 0.1) is 38.4 Å². The van der Waals surface area contributed by atoms with E-state index in [1.54, 1.807) is 18.7 Å². The van der Waals surface area contributed by atoms with E-state index in [2.05, 4.69) is 21.3 Å². The lowest BCUT2D eigenvalue weighted by Crippen LogP contribution is -2.63. The van der Waals surface area contributed by atoms with Gasteiger partial charge in [-0.3, -0.25) is 57.5 Å². The smallest absolute Gasteiger partial charge is 0.248 e. The number of piperidine rings is 1. The SMILES string of the molecule is CCCN1CC(=O)N(C)[C@@H](CC(C)C)C(=O)N[C@H](C(=O)N2CCCCC2)CC(=O)N(C)[C@@H](C)C(=O)N[C@@H](COC[C@H](C)O)C(=O)N(C)[C@@H](CC(C)C)C(=O)N(C)[C@@H](CC2CCCC(Cl)C2)C(=O)N[C@@H](CC(C)C)C(=O)N(C)[C@@H](CC2CCCCC2)C(=O)N(C)[C@@H]([C@@H](C)CC)C(=O)N[C@@H]([C@@H](C)O)C1=O. The third-order valence-electron chi connectivity index (χ3n) is 21.4. The summed E-state index contributed by atoms with van der Waals surface area (Å²) in [5.41, 5.74) is 0. The van der Waals surface area contributed by atoms with Crippen LogP contribution in [-0.2, 0) is 62.3 Å². The van der Waals surface area contributed by atoms with Crippen LogP contribution in [-0.4, -0.2) is 280 Å². The van der Waals surface area contributed by atoms with Crippen LogP contribution in [0.15, 0.2) is 0 Å². The number of halogens is 1. The van der Waals surface area contributed by atoms with Gasteiger partial charge in [-0.1, -0.05) is 114 Å². The van der Waals surface area contributed by atoms with Crippen LogP contribution in [0.1, 0.15) is 212 Å². The summed E-state index contributed by atoms with van der Waals surface area (Å²) in [6.07, 6.45) is 7.46. The molecule has 12 amide bonds. The Hall–Kier alpha value is -6.19. The number of rotatable bonds is 20. The molecule has 0 spiro atoms. The number of likely N-dealkylation sites (N-methyl/N-ethyl adjacent to an activating group) is 6. The van der Waals surface area contributed by atoms with E-state index >= 15 is 28.8 Å². The molecule has 2 heterocycles. The first-order valence-corrected chi connectivity index (χ1v) is 38.8. The standard InChI is InChI=1S/C75H131ClN12O15/c1-19-32-88-42-63(92)82(14)58(36-46(5)6)67(94)78-56(72(99)87-33-25-22-26-34-87)41-62(91)81(13)50(11)66(93)79-57(44-103-43-49(10)89)71(98)84(16)60(37-47(7)8)73(100)83(15)59(40-53-30-27-31-54(76)38-53)68(95)77-55(35-45(3)4)70(97)85(17)61(39-52-28-23-21-24-29-52)74(101)86(18)65(48(9)20-2)69(96)80-64(51(12)90)75(88)102/h45-61,64-65,89-90H,19-44H2,1-18H3,(H,77,95)(H,78,94)(H,79,93)(H,80,96)/t48-,49-,50-,51+,53?,54?,55-,56-,57-,58-,59-,60-,61-,64-,65-/m0/s1. The van der Waals surface area contributed by atoms with Crippen molar-refractivity contribution in [1.29, 1.82) is 0 Å². The number of ether oxygens (including phenoxy) is 1. The maximum Gasteiger partial charge on any atom is 0.248 e. The number of alkyl halides is 1. The zero-order valence-corrected chi connectivity index (χ0v) is 66.3. The molecule has 4 aliphatic rings. The van der Waals surface area contributed by atoms with E-state index in [0.29, 0.717) is 51.6 Å². The van der Waals surface area contributed by atoms with E-state index < -0.39 is 169 Å². The first kappa shape index (κ1) is 89.2. The zero-order valence-electron chi connectivity index (χ0n) is 65.5. The van der Waals surface area contributed by atoms with Gasteiger partial charge in [0.25, 0.3) is 0 Å². The highest BCUT2D eigenvalue weighted by atomic mass is 35.5. The van der Waals surface area contributed by atoms with Crippen LogP contribution in [0, 0.1) is 35.5 Å². The molecule has 588 valence electrons. The summed E-state index contributed by atoms with van der Waals surface area (Å²) in [4.78, 5) is 192. The highest BCUT2D eigenvalue weighted by Gasteiger charge is 2.46. The Labute approximate surface area is 619 Å². The van der Waals surface area contributed by atoms with Crippen molar-refractivity contribution in [3.8, 4) is 0 Å². The molecule has 0 aromatic carbocycles. The van der Waals surface area contributed by atoms with E-state index in [1.165, 1.54) is 92.5 Å². The fourth-order valence-corrected chi connectivity index (χ4v) is 15.2. The average molecular weight is 1480 g/mol. The molecular formula is C75H131ClN12O15. The van der Waals surface area contributed by atoms with Crippen molar-refractivity contribution >= 4 is 82.5 Å². The van der Waals surface area contributed by atoms with Crippen molar-refractivity contribution in [2.75, 3.05) is 81.7 Å². The van der Waals surface area contributed by atoms with Crippen LogP contribution >= 0.6 is 11.6 Å². The van der Waals surface area contributed by atoms with Gasteiger partial charge in [-0.15, -0.1) is 11.6 Å². The summed E-state index contributed by atoms with van der Waals surface area (Å²) in [5.74, 6) is -9.82. The topological polar surface area (TPSA) is 329 Å². The summed E-state index contributed by atoms with van der Waals surface area (Å²) in [6.45, 7) is 20.1. The van der Waals surface area contributed by atoms with Crippen LogP contribution in [0.5, 0.6) is 0 Å². The largest absolute Gasteiger partial charge is 0.391 e. The molecule has 0 aromatic rings. The van der Waals surface area contributed by atoms with Gasteiger partial charge < -0.3 is 75.4 Å². The highest BCUT2D eigenvalue weighted by molar-refractivity contribution is 6.20. The highest BCUT2D eigenvalue weighted by Crippen LogP contribution is 2.34. The van der Waals surface area contributed by atoms with Gasteiger partial charge in [-0.05, 0) is 127 Å². The van der Waals surface area contributed by atoms with Gasteiger partial charge in [0.15, 0.2) is 0 Å². The second-order valence-electron chi connectivity index (χ2n) is 31.5. The third-order valence-corrected chi connectivity index (χ3v) is 21.8. The van der Waals surface area contributed by atoms with Crippen molar-refractivity contribution in [3.63, 3.8) is 0 Å². The first-order valence-electron chi connectivity index (χ1n) is 38.3. The number of aliphatic hydroxyl groups is 2. The van der Waals surface area contributed by atoms with E-state index in [9.17, 15) is 39.0 Å². The second kappa shape index (κ2) is 42.8. The summed E-state index contributed by atoms with van der Waals surface area (Å²) >= 11 is 6.81. The second-order valence-corrected chi connectivity index (χ2v) is 32.1. The predicted octanol–water partition coefficient (Wildman–Crippen LogP) is 4.68. The number of hydrogen-bond acceptors (Lipinski definition) is 15. The van der Waals surface area contributed by atoms with Crippen LogP contribution in [0.4, 0.5) is 0 Å². The predicted molar refractivity (Wildman–Crippen MR) is 394 cm³/mol. The summed E-state index contributed by atoms with van der Waals surface area (Å²) < 4.78 is 5.81. The molecule has 103 heavy (non-hydrogen) atoms. The Bertz CT molecular complexity index is 2820. The number of nitrogens with zero attached hydrogens (tertiary/aromatic N) is 8. The molecule has 2 unspecified atom stereocenters. The van der Waals surface area contributed by atoms with Gasteiger partial charge in [-0.25, -0.2) is 0 Å². The molecule has 2 saturated carbocycles. The summed E-state index contributed by atoms with van der Waals surface area (Å²) in [6, 6.07) is -13.4. The van der Waals surface area contributed by atoms with Crippen molar-refractivity contribution in [2.45, 2.75) is 290 Å². The van der Waals surface area contributed by atoms with Gasteiger partial charge in [0.1, 0.15) is 60.4 Å². The quantitative estimate of drug-likeness (QED) is 0.0902. The molecule has 2 saturated heterocycles. The Kier molecular flexibility index (Phi) is 37.1. The molecule has 2 aliphatic heterocycles. The van der Waals surface area contributed by atoms with Gasteiger partial charge in [0.2, 0.25) is 70.9 Å². The number of hydrogen-bond donors (Lipinski definition) is 6. The normalized spacial score (nSPS) is 28.8. The van der Waals surface area contributed by atoms with Crippen molar-refractivity contribution in [2.24, 2.45) is 35.5 Å². The number of likely N-dealkylation sites (tertiary alicyclic amines) is 1. The maximum atomic E-state index is 15.7. The van der Waals surface area contributed by atoms with E-state index in [1.807, 2.05) is 48.5 Å². The Morgan fingerprint density at radius 3 is 1.62 bits per heavy atom. The average Bonchev–Trinajstić information content (AvgIpc) is 0.810. The fourth-order valence-electron chi connectivity index (χ4n) is 14.8. The first-order chi connectivity index (χ1) is 48.4. The lowest BCUT2D eigenvalue weighted by Gasteiger charge is -2.40. The zero-order chi connectivity index (χ0) is 77.4. The van der Waals surface area contributed by atoms with Crippen LogP contribution < -0.4 is 21.3 Å². The van der Waals surface area contributed by atoms with Gasteiger partial charge >= 0.3 is 0 Å². The Morgan fingerprint density at radius 2 is 1.06 bits per heavy atom. The van der Waals surface area contributed by atoms with Crippen molar-refractivity contribution in [3.05, 3.63) is 0 Å². The number of amides is 12. The summed E-state index contributed by atoms with van der Waals surface area (Å²) in [7, 11) is 8.61. The maximum absolute atomic E-state index is 15.7. The number of nitrogens with one attached hydrogen (secondary N) is 4. The molecule has 27 nitrogen and oxygen atoms in total. The van der Waals surface area contributed by atoms with Crippen LogP contribution in [0.25, 0.3) is 0 Å². The van der Waals surface area contributed by atoms with Crippen LogP contribution in [0.3, 0.4) is 0 Å². The molecule has 4 fully saturated rings. The Balaban J connectivity index is 2.00. The Morgan fingerprint density at radius 1 is 0.534 bits per heavy atom. The van der Waals surface area contributed by atoms with Gasteiger partial charge in [0, 0.05) is 67.3 Å². The molecule has 0 bridgehead atoms. The minimum Gasteiger partial charge on any atom is -0.391 e. The lowest BCUT2D eigenvalue weighted by atomic mass is 9.83. The molecule has 0 radical (unpaired) electrons. The minimum atomic E-state index is -1.65. The van der Waals surface area contributed by atoms with Crippen molar-refractivity contribution in [1.82, 2.24) is 60.5 Å². The van der Waals surface area contributed by atoms with E-state index in [-0.39, 0.29) is 80.2 Å². The van der Waals surface area contributed by atoms with Gasteiger partial charge in [-0.2, -0.15) is 0 Å². The molecule has 6 N–H and O–H groups in total. The number of carbonyl (C=O) groups excluding carboxylic acids is 12. The third kappa shape index (κ3) is 26.4. The minimum absolute atomic E-state index is 0.00341. The summed E-state index contributed by atoms with van der Waals surface area (Å²) in [5, 5.41) is 32.9. The fraction of sp³-hybridized carbons (Fsp3) is 0.840. The van der Waals surface area contributed by atoms with E-state index in [4.69, 9.17) is 16.3 Å². The molecular weight excluding hydrogens is 1340 g/mol. The van der Waals surface area contributed by atoms with Crippen LogP contribution in [0.2, 0.25) is 0 Å². The molecule has 28 heteroatoms. The molecule has 4 rings (SSSR count). The monoisotopic (exact) mass is 1470 g/mol. The van der Waals surface area contributed by atoms with E-state index in [0.717, 1.165) is 56.3 Å². The molecule has 0 aromatic heterocycles. The number of carbonyl (C=O) groups is 12. The molecule has 2 aliphatic carbocycles. The lowest BCUT2D eigenvalue weighted by molar-refractivity contribution is -0.153.